The second-order valence-electron chi connectivity index (χ2n) is 1.68. The van der Waals surface area contributed by atoms with Crippen molar-refractivity contribution in [2.24, 2.45) is 0 Å². The van der Waals surface area contributed by atoms with Crippen LogP contribution in [-0.4, -0.2) is 36.1 Å². The van der Waals surface area contributed by atoms with E-state index in [1.807, 2.05) is 0 Å². The average molecular weight is 136 g/mol. The summed E-state index contributed by atoms with van der Waals surface area (Å²) in [7, 11) is 0. The van der Waals surface area contributed by atoms with Gasteiger partial charge in [0.15, 0.2) is 0 Å². The molecule has 1 atom stereocenters. The molecule has 0 radical (unpaired) electrons. The maximum absolute atomic E-state index is 8.58. The first-order valence-corrected chi connectivity index (χ1v) is 2.80. The van der Waals surface area contributed by atoms with Crippen LogP contribution in [0.25, 0.3) is 0 Å². The Morgan fingerprint density at radius 1 is 1.44 bits per heavy atom. The fourth-order valence-corrected chi connectivity index (χ4v) is 0.243. The van der Waals surface area contributed by atoms with E-state index in [0.717, 1.165) is 0 Å². The van der Waals surface area contributed by atoms with Gasteiger partial charge in [0, 0.05) is 0 Å². The summed E-state index contributed by atoms with van der Waals surface area (Å²) in [5.41, 5.74) is 0. The van der Waals surface area contributed by atoms with Gasteiger partial charge in [0.25, 0.3) is 0 Å². The van der Waals surface area contributed by atoms with Crippen molar-refractivity contribution in [3.05, 3.63) is 0 Å². The van der Waals surface area contributed by atoms with Crippen LogP contribution in [0, 0.1) is 0 Å². The van der Waals surface area contributed by atoms with Gasteiger partial charge in [-0.05, 0) is 6.92 Å². The maximum Gasteiger partial charge on any atom is 0.108 e. The van der Waals surface area contributed by atoms with Crippen molar-refractivity contribution < 1.29 is 20.0 Å². The van der Waals surface area contributed by atoms with Gasteiger partial charge in [-0.2, -0.15) is 0 Å². The summed E-state index contributed by atoms with van der Waals surface area (Å²) < 4.78 is 0. The van der Waals surface area contributed by atoms with E-state index >= 15 is 0 Å². The van der Waals surface area contributed by atoms with Gasteiger partial charge in [-0.1, -0.05) is 0 Å². The molecule has 0 heterocycles. The Bertz CT molecular complexity index is 54.9. The van der Waals surface area contributed by atoms with E-state index in [-0.39, 0.29) is 19.8 Å². The second-order valence-corrected chi connectivity index (χ2v) is 1.68. The minimum absolute atomic E-state index is 0.0696. The standard InChI is InChI=1S/C5H12O4/c1-5(7)4-9-8-3-2-6/h5-7H,2-4H2,1H3. The minimum atomic E-state index is -0.524. The highest BCUT2D eigenvalue weighted by molar-refractivity contribution is 4.36. The minimum Gasteiger partial charge on any atom is -0.394 e. The number of hydrogen-bond acceptors (Lipinski definition) is 4. The highest BCUT2D eigenvalue weighted by atomic mass is 17.2. The van der Waals surface area contributed by atoms with E-state index in [1.165, 1.54) is 0 Å². The first-order chi connectivity index (χ1) is 4.27. The van der Waals surface area contributed by atoms with Crippen LogP contribution in [0.2, 0.25) is 0 Å². The quantitative estimate of drug-likeness (QED) is 0.298. The van der Waals surface area contributed by atoms with Crippen LogP contribution in [0.4, 0.5) is 0 Å². The van der Waals surface area contributed by atoms with Gasteiger partial charge >= 0.3 is 0 Å². The molecule has 0 saturated carbocycles. The summed E-state index contributed by atoms with van der Waals surface area (Å²) in [5, 5.41) is 16.7. The molecule has 0 bridgehead atoms. The first-order valence-electron chi connectivity index (χ1n) is 2.80. The smallest absolute Gasteiger partial charge is 0.108 e. The Morgan fingerprint density at radius 2 is 2.11 bits per heavy atom. The molecule has 4 heteroatoms. The molecule has 0 aliphatic carbocycles. The van der Waals surface area contributed by atoms with Gasteiger partial charge in [0.05, 0.1) is 12.7 Å². The van der Waals surface area contributed by atoms with Crippen molar-refractivity contribution >= 4 is 0 Å². The van der Waals surface area contributed by atoms with Crippen LogP contribution in [0.3, 0.4) is 0 Å². The Kier molecular flexibility index (Phi) is 5.86. The van der Waals surface area contributed by atoms with Gasteiger partial charge in [-0.25, -0.2) is 9.78 Å². The van der Waals surface area contributed by atoms with Crippen molar-refractivity contribution in [3.63, 3.8) is 0 Å². The number of aliphatic hydroxyl groups excluding tert-OH is 2. The summed E-state index contributed by atoms with van der Waals surface area (Å²) in [6.07, 6.45) is -0.524. The summed E-state index contributed by atoms with van der Waals surface area (Å²) in [6, 6.07) is 0. The van der Waals surface area contributed by atoms with Crippen molar-refractivity contribution in [2.45, 2.75) is 13.0 Å². The van der Waals surface area contributed by atoms with Crippen molar-refractivity contribution in [1.29, 1.82) is 0 Å². The van der Waals surface area contributed by atoms with Crippen LogP contribution in [-0.2, 0) is 9.78 Å². The molecule has 0 saturated heterocycles. The maximum atomic E-state index is 8.58. The third kappa shape index (κ3) is 7.84. The molecule has 0 aromatic rings. The first kappa shape index (κ1) is 8.84. The predicted molar refractivity (Wildman–Crippen MR) is 30.7 cm³/mol. The zero-order valence-electron chi connectivity index (χ0n) is 5.41. The lowest BCUT2D eigenvalue weighted by Gasteiger charge is -2.03. The van der Waals surface area contributed by atoms with Crippen LogP contribution >= 0.6 is 0 Å². The molecule has 56 valence electrons. The van der Waals surface area contributed by atoms with Crippen LogP contribution in [0.1, 0.15) is 6.92 Å². The van der Waals surface area contributed by atoms with E-state index in [0.29, 0.717) is 0 Å². The lowest BCUT2D eigenvalue weighted by atomic mass is 10.5. The zero-order valence-corrected chi connectivity index (χ0v) is 5.41. The van der Waals surface area contributed by atoms with Gasteiger partial charge in [-0.3, -0.25) is 0 Å². The van der Waals surface area contributed by atoms with Gasteiger partial charge in [-0.15, -0.1) is 0 Å². The molecule has 0 aromatic carbocycles. The molecular formula is C5H12O4. The molecule has 0 rings (SSSR count). The highest BCUT2D eigenvalue weighted by Gasteiger charge is 1.93. The van der Waals surface area contributed by atoms with Crippen molar-refractivity contribution in [1.82, 2.24) is 0 Å². The fraction of sp³-hybridized carbons (Fsp3) is 1.00. The molecular weight excluding hydrogens is 124 g/mol. The van der Waals surface area contributed by atoms with E-state index < -0.39 is 6.10 Å². The normalized spacial score (nSPS) is 13.7. The SMILES string of the molecule is CC(O)COOCCO. The Morgan fingerprint density at radius 3 is 2.56 bits per heavy atom. The molecule has 0 fully saturated rings. The topological polar surface area (TPSA) is 58.9 Å². The molecule has 0 aromatic heterocycles. The van der Waals surface area contributed by atoms with E-state index in [4.69, 9.17) is 10.2 Å². The fourth-order valence-electron chi connectivity index (χ4n) is 0.243. The summed E-state index contributed by atoms with van der Waals surface area (Å²) in [4.78, 5) is 8.81. The monoisotopic (exact) mass is 136 g/mol. The Labute approximate surface area is 53.9 Å². The van der Waals surface area contributed by atoms with Crippen molar-refractivity contribution in [2.75, 3.05) is 19.8 Å². The molecule has 4 nitrogen and oxygen atoms in total. The van der Waals surface area contributed by atoms with Crippen LogP contribution in [0.5, 0.6) is 0 Å². The van der Waals surface area contributed by atoms with Gasteiger partial charge in [0.2, 0.25) is 0 Å². The number of hydrogen-bond donors (Lipinski definition) is 2. The Balaban J connectivity index is 2.75. The summed E-state index contributed by atoms with van der Waals surface area (Å²) >= 11 is 0. The lowest BCUT2D eigenvalue weighted by Crippen LogP contribution is -2.11. The molecule has 0 aliphatic heterocycles. The highest BCUT2D eigenvalue weighted by Crippen LogP contribution is 1.82. The molecule has 0 aliphatic rings. The van der Waals surface area contributed by atoms with Crippen LogP contribution < -0.4 is 0 Å². The van der Waals surface area contributed by atoms with Gasteiger partial charge in [0.1, 0.15) is 13.2 Å². The summed E-state index contributed by atoms with van der Waals surface area (Å²) in [5.74, 6) is 0. The summed E-state index contributed by atoms with van der Waals surface area (Å²) in [6.45, 7) is 1.80. The number of aliphatic hydroxyl groups is 2. The Hall–Kier alpha value is -0.160. The molecule has 1 unspecified atom stereocenters. The van der Waals surface area contributed by atoms with E-state index in [2.05, 4.69) is 9.78 Å². The van der Waals surface area contributed by atoms with Gasteiger partial charge < -0.3 is 10.2 Å². The van der Waals surface area contributed by atoms with Crippen LogP contribution in [0.15, 0.2) is 0 Å². The van der Waals surface area contributed by atoms with Crippen molar-refractivity contribution in [3.8, 4) is 0 Å². The number of rotatable bonds is 5. The molecule has 9 heavy (non-hydrogen) atoms. The molecule has 0 amide bonds. The zero-order chi connectivity index (χ0) is 7.11. The third-order valence-electron chi connectivity index (χ3n) is 0.567. The average Bonchev–Trinajstić information content (AvgIpc) is 1.80. The largest absolute Gasteiger partial charge is 0.394 e. The molecule has 2 N–H and O–H groups in total. The third-order valence-corrected chi connectivity index (χ3v) is 0.567. The second kappa shape index (κ2) is 5.97. The van der Waals surface area contributed by atoms with E-state index in [1.54, 1.807) is 6.92 Å². The predicted octanol–water partition coefficient (Wildman–Crippen LogP) is -0.692. The molecule has 0 spiro atoms. The lowest BCUT2D eigenvalue weighted by molar-refractivity contribution is -0.306. The van der Waals surface area contributed by atoms with E-state index in [9.17, 15) is 0 Å².